The minimum absolute atomic E-state index is 0.0405. The highest BCUT2D eigenvalue weighted by molar-refractivity contribution is 6.09. The second-order valence-electron chi connectivity index (χ2n) is 8.77. The van der Waals surface area contributed by atoms with E-state index in [2.05, 4.69) is 31.2 Å². The highest BCUT2D eigenvalue weighted by Crippen LogP contribution is 2.25. The Morgan fingerprint density at radius 3 is 1.44 bits per heavy atom. The number of anilines is 6. The Bertz CT molecular complexity index is 1680. The number of benzene rings is 3. The molecule has 202 valence electrons. The van der Waals surface area contributed by atoms with Gasteiger partial charge in [0.1, 0.15) is 5.56 Å². The largest absolute Gasteiger partial charge is 0.355 e. The molecule has 0 radical (unpaired) electrons. The third kappa shape index (κ3) is 6.86. The number of pyridine rings is 2. The zero-order valence-electron chi connectivity index (χ0n) is 21.4. The van der Waals surface area contributed by atoms with E-state index in [1.54, 1.807) is 73.3 Å². The molecule has 0 fully saturated rings. The molecule has 5 aromatic rings. The lowest BCUT2D eigenvalue weighted by molar-refractivity contribution is -0.385. The molecule has 2 heterocycles. The molecule has 0 saturated carbocycles. The fourth-order valence-corrected chi connectivity index (χ4v) is 3.90. The Balaban J connectivity index is 1.24. The predicted octanol–water partition coefficient (Wildman–Crippen LogP) is 6.38. The number of aromatic nitrogens is 2. The molecule has 41 heavy (non-hydrogen) atoms. The first-order chi connectivity index (χ1) is 19.9. The SMILES string of the molecule is O=C(Nc1ccc(Nc2ccncc2)cc1)c1ccc(C(=O)Nc2ccc(Nc3ccncc3)cc2)c([N+](=O)[O-])c1. The molecule has 0 atom stereocenters. The first-order valence-electron chi connectivity index (χ1n) is 12.4. The van der Waals surface area contributed by atoms with E-state index in [0.29, 0.717) is 11.4 Å². The van der Waals surface area contributed by atoms with E-state index < -0.39 is 22.4 Å². The number of carbonyl (C=O) groups is 2. The first kappa shape index (κ1) is 26.5. The van der Waals surface area contributed by atoms with E-state index in [0.717, 1.165) is 28.8 Å². The van der Waals surface area contributed by atoms with Gasteiger partial charge in [-0.25, -0.2) is 0 Å². The third-order valence-electron chi connectivity index (χ3n) is 5.92. The number of nitro groups is 1. The van der Waals surface area contributed by atoms with Crippen LogP contribution in [0.5, 0.6) is 0 Å². The Morgan fingerprint density at radius 1 is 0.561 bits per heavy atom. The van der Waals surface area contributed by atoms with Gasteiger partial charge in [0.2, 0.25) is 0 Å². The van der Waals surface area contributed by atoms with Gasteiger partial charge in [-0.2, -0.15) is 0 Å². The molecule has 0 aliphatic rings. The summed E-state index contributed by atoms with van der Waals surface area (Å²) in [6.07, 6.45) is 6.68. The number of hydrogen-bond donors (Lipinski definition) is 4. The number of nitrogens with one attached hydrogen (secondary N) is 4. The highest BCUT2D eigenvalue weighted by Gasteiger charge is 2.23. The van der Waals surface area contributed by atoms with Crippen molar-refractivity contribution >= 4 is 51.6 Å². The number of carbonyl (C=O) groups excluding carboxylic acids is 2. The van der Waals surface area contributed by atoms with Crippen LogP contribution in [0.2, 0.25) is 0 Å². The van der Waals surface area contributed by atoms with E-state index in [-0.39, 0.29) is 11.1 Å². The van der Waals surface area contributed by atoms with Crippen molar-refractivity contribution in [1.29, 1.82) is 0 Å². The van der Waals surface area contributed by atoms with Gasteiger partial charge in [0, 0.05) is 70.5 Å². The Kier molecular flexibility index (Phi) is 7.87. The average Bonchev–Trinajstić information content (AvgIpc) is 3.00. The molecule has 2 aromatic heterocycles. The molecule has 0 unspecified atom stereocenters. The molecule has 0 bridgehead atoms. The maximum Gasteiger partial charge on any atom is 0.282 e. The van der Waals surface area contributed by atoms with Crippen molar-refractivity contribution in [3.63, 3.8) is 0 Å². The zero-order valence-corrected chi connectivity index (χ0v) is 21.4. The Morgan fingerprint density at radius 2 is 0.976 bits per heavy atom. The maximum absolute atomic E-state index is 12.9. The van der Waals surface area contributed by atoms with Crippen LogP contribution in [-0.2, 0) is 0 Å². The minimum Gasteiger partial charge on any atom is -0.355 e. The van der Waals surface area contributed by atoms with Crippen molar-refractivity contribution in [2.75, 3.05) is 21.3 Å². The zero-order chi connectivity index (χ0) is 28.6. The fourth-order valence-electron chi connectivity index (χ4n) is 3.90. The van der Waals surface area contributed by atoms with Crippen molar-refractivity contribution in [1.82, 2.24) is 9.97 Å². The van der Waals surface area contributed by atoms with Gasteiger partial charge in [0.05, 0.1) is 4.92 Å². The molecule has 0 spiro atoms. The average molecular weight is 546 g/mol. The van der Waals surface area contributed by atoms with Gasteiger partial charge >= 0.3 is 0 Å². The number of nitro benzene ring substituents is 1. The van der Waals surface area contributed by atoms with Gasteiger partial charge in [-0.3, -0.25) is 29.7 Å². The number of hydrogen-bond acceptors (Lipinski definition) is 8. The second kappa shape index (κ2) is 12.2. The summed E-state index contributed by atoms with van der Waals surface area (Å²) in [6, 6.07) is 24.9. The number of nitrogens with zero attached hydrogens (tertiary/aromatic N) is 3. The molecule has 2 amide bonds. The van der Waals surface area contributed by atoms with Crippen molar-refractivity contribution < 1.29 is 14.5 Å². The van der Waals surface area contributed by atoms with Gasteiger partial charge in [0.15, 0.2) is 0 Å². The van der Waals surface area contributed by atoms with Gasteiger partial charge in [0.25, 0.3) is 17.5 Å². The Hall–Kier alpha value is -6.10. The van der Waals surface area contributed by atoms with E-state index in [4.69, 9.17) is 0 Å². The summed E-state index contributed by atoms with van der Waals surface area (Å²) in [5, 5.41) is 23.6. The second-order valence-corrected chi connectivity index (χ2v) is 8.77. The topological polar surface area (TPSA) is 151 Å². The van der Waals surface area contributed by atoms with E-state index in [1.807, 2.05) is 24.3 Å². The summed E-state index contributed by atoms with van der Waals surface area (Å²) in [6.45, 7) is 0. The van der Waals surface area contributed by atoms with Gasteiger partial charge in [-0.1, -0.05) is 0 Å². The van der Waals surface area contributed by atoms with Gasteiger partial charge in [-0.05, 0) is 84.9 Å². The monoisotopic (exact) mass is 545 g/mol. The molecule has 3 aromatic carbocycles. The Labute approximate surface area is 234 Å². The lowest BCUT2D eigenvalue weighted by atomic mass is 10.1. The highest BCUT2D eigenvalue weighted by atomic mass is 16.6. The van der Waals surface area contributed by atoms with Gasteiger partial charge in [-0.15, -0.1) is 0 Å². The van der Waals surface area contributed by atoms with Crippen LogP contribution in [-0.4, -0.2) is 26.7 Å². The van der Waals surface area contributed by atoms with Crippen LogP contribution < -0.4 is 21.3 Å². The predicted molar refractivity (Wildman–Crippen MR) is 157 cm³/mol. The molecular formula is C30H23N7O4. The summed E-state index contributed by atoms with van der Waals surface area (Å²) in [4.78, 5) is 44.8. The van der Waals surface area contributed by atoms with Crippen molar-refractivity contribution in [3.8, 4) is 0 Å². The lowest BCUT2D eigenvalue weighted by Gasteiger charge is -2.10. The third-order valence-corrected chi connectivity index (χ3v) is 5.92. The minimum atomic E-state index is -0.688. The van der Waals surface area contributed by atoms with Crippen LogP contribution in [0, 0.1) is 10.1 Å². The maximum atomic E-state index is 12.9. The van der Waals surface area contributed by atoms with Crippen LogP contribution in [0.15, 0.2) is 116 Å². The van der Waals surface area contributed by atoms with E-state index in [1.165, 1.54) is 12.1 Å². The molecule has 11 nitrogen and oxygen atoms in total. The summed E-state index contributed by atoms with van der Waals surface area (Å²) in [5.74, 6) is -1.22. The lowest BCUT2D eigenvalue weighted by Crippen LogP contribution is -2.16. The standard InChI is InChI=1S/C30H23N7O4/c38-29(35-23-6-2-21(3-7-23)33-25-11-15-31-16-12-25)20-1-10-27(28(19-20)37(40)41)30(39)36-24-8-4-22(5-9-24)34-26-13-17-32-18-14-26/h1-19H,(H,31,33)(H,32,34)(H,35,38)(H,36,39). The van der Waals surface area contributed by atoms with Crippen molar-refractivity contribution in [2.45, 2.75) is 0 Å². The molecule has 0 aliphatic heterocycles. The quantitative estimate of drug-likeness (QED) is 0.123. The smallest absolute Gasteiger partial charge is 0.282 e. The summed E-state index contributed by atoms with van der Waals surface area (Å²) >= 11 is 0. The van der Waals surface area contributed by atoms with Crippen molar-refractivity contribution in [3.05, 3.63) is 137 Å². The summed E-state index contributed by atoms with van der Waals surface area (Å²) in [7, 11) is 0. The molecule has 4 N–H and O–H groups in total. The van der Waals surface area contributed by atoms with Crippen LogP contribution in [0.4, 0.5) is 39.8 Å². The summed E-state index contributed by atoms with van der Waals surface area (Å²) < 4.78 is 0. The molecule has 0 aliphatic carbocycles. The van der Waals surface area contributed by atoms with Crippen LogP contribution >= 0.6 is 0 Å². The molecular weight excluding hydrogens is 522 g/mol. The molecule has 0 saturated heterocycles. The normalized spacial score (nSPS) is 10.3. The first-order valence-corrected chi connectivity index (χ1v) is 12.4. The number of rotatable bonds is 9. The van der Waals surface area contributed by atoms with Crippen LogP contribution in [0.3, 0.4) is 0 Å². The van der Waals surface area contributed by atoms with Crippen LogP contribution in [0.1, 0.15) is 20.7 Å². The number of amides is 2. The molecule has 11 heteroatoms. The van der Waals surface area contributed by atoms with Crippen molar-refractivity contribution in [2.24, 2.45) is 0 Å². The van der Waals surface area contributed by atoms with E-state index in [9.17, 15) is 19.7 Å². The summed E-state index contributed by atoms with van der Waals surface area (Å²) in [5.41, 5.74) is 3.65. The van der Waals surface area contributed by atoms with E-state index >= 15 is 0 Å². The van der Waals surface area contributed by atoms with Gasteiger partial charge < -0.3 is 21.3 Å². The fraction of sp³-hybridized carbons (Fsp3) is 0. The molecule has 5 rings (SSSR count). The van der Waals surface area contributed by atoms with Crippen LogP contribution in [0.25, 0.3) is 0 Å².